The molecular weight excluding hydrogens is 242 g/mol. The Morgan fingerprint density at radius 1 is 1.00 bits per heavy atom. The molecule has 0 unspecified atom stereocenters. The molecular formula is C12H13N7. The Labute approximate surface area is 108 Å². The second kappa shape index (κ2) is 4.21. The predicted octanol–water partition coefficient (Wildman–Crippen LogP) is 0.643. The van der Waals surface area contributed by atoms with Crippen LogP contribution in [0.15, 0.2) is 24.3 Å². The van der Waals surface area contributed by atoms with E-state index in [9.17, 15) is 0 Å². The van der Waals surface area contributed by atoms with E-state index >= 15 is 0 Å². The van der Waals surface area contributed by atoms with E-state index in [0.717, 1.165) is 11.1 Å². The predicted molar refractivity (Wildman–Crippen MR) is 73.8 cm³/mol. The highest BCUT2D eigenvalue weighted by molar-refractivity contribution is 5.85. The van der Waals surface area contributed by atoms with Gasteiger partial charge in [-0.25, -0.2) is 4.98 Å². The van der Waals surface area contributed by atoms with Crippen molar-refractivity contribution in [2.75, 3.05) is 11.5 Å². The number of nitrogens with two attached hydrogens (primary N) is 3. The van der Waals surface area contributed by atoms with Gasteiger partial charge in [-0.15, -0.1) is 0 Å². The number of H-pyrrole nitrogens is 1. The number of benzene rings is 1. The quantitative estimate of drug-likeness (QED) is 0.531. The largest absolute Gasteiger partial charge is 0.382 e. The van der Waals surface area contributed by atoms with Crippen LogP contribution in [0.3, 0.4) is 0 Å². The van der Waals surface area contributed by atoms with Gasteiger partial charge in [0.1, 0.15) is 5.82 Å². The molecule has 0 saturated heterocycles. The monoisotopic (exact) mass is 255 g/mol. The molecule has 0 bridgehead atoms. The number of aromatic nitrogens is 4. The molecule has 2 heterocycles. The molecule has 19 heavy (non-hydrogen) atoms. The molecule has 0 atom stereocenters. The Hall–Kier alpha value is -2.67. The highest BCUT2D eigenvalue weighted by atomic mass is 15.1. The van der Waals surface area contributed by atoms with Gasteiger partial charge in [0, 0.05) is 12.1 Å². The minimum Gasteiger partial charge on any atom is -0.382 e. The number of imidazole rings is 1. The van der Waals surface area contributed by atoms with Gasteiger partial charge in [-0.1, -0.05) is 24.3 Å². The molecule has 2 aromatic heterocycles. The van der Waals surface area contributed by atoms with Crippen LogP contribution in [0.4, 0.5) is 11.8 Å². The first-order chi connectivity index (χ1) is 9.17. The number of nitrogens with one attached hydrogen (secondary N) is 1. The molecule has 7 nitrogen and oxygen atoms in total. The molecule has 7 heteroatoms. The molecule has 0 radical (unpaired) electrons. The number of nitrogens with zero attached hydrogens (tertiary/aromatic N) is 3. The van der Waals surface area contributed by atoms with Crippen molar-refractivity contribution in [2.45, 2.75) is 6.54 Å². The lowest BCUT2D eigenvalue weighted by molar-refractivity contribution is 1.07. The molecule has 0 aliphatic rings. The highest BCUT2D eigenvalue weighted by Crippen LogP contribution is 2.22. The zero-order valence-electron chi connectivity index (χ0n) is 10.1. The van der Waals surface area contributed by atoms with Gasteiger partial charge in [-0.2, -0.15) is 9.97 Å². The molecule has 0 amide bonds. The summed E-state index contributed by atoms with van der Waals surface area (Å²) in [5, 5.41) is 0. The summed E-state index contributed by atoms with van der Waals surface area (Å²) in [6.45, 7) is 0.509. The SMILES string of the molecule is NCc1ccc(-c2nc3c(N)nc(N)nc3[nH]2)cc1. The van der Waals surface area contributed by atoms with Crippen LogP contribution in [0, 0.1) is 0 Å². The van der Waals surface area contributed by atoms with E-state index < -0.39 is 0 Å². The van der Waals surface area contributed by atoms with E-state index in [1.54, 1.807) is 0 Å². The van der Waals surface area contributed by atoms with Crippen molar-refractivity contribution >= 4 is 22.9 Å². The third-order valence-electron chi connectivity index (χ3n) is 2.85. The number of hydrogen-bond donors (Lipinski definition) is 4. The second-order valence-corrected chi connectivity index (χ2v) is 4.15. The molecule has 96 valence electrons. The van der Waals surface area contributed by atoms with Crippen LogP contribution in [0.5, 0.6) is 0 Å². The Morgan fingerprint density at radius 2 is 1.74 bits per heavy atom. The first-order valence-corrected chi connectivity index (χ1v) is 5.75. The standard InChI is InChI=1S/C12H13N7/c13-5-6-1-3-7(4-2-6)10-16-8-9(14)17-12(15)19-11(8)18-10/h1-4H,5,13H2,(H5,14,15,16,17,18,19). The van der Waals surface area contributed by atoms with Gasteiger partial charge >= 0.3 is 0 Å². The molecule has 1 aromatic carbocycles. The van der Waals surface area contributed by atoms with Crippen molar-refractivity contribution in [1.82, 2.24) is 19.9 Å². The van der Waals surface area contributed by atoms with Crippen molar-refractivity contribution in [3.63, 3.8) is 0 Å². The number of anilines is 2. The lowest BCUT2D eigenvalue weighted by Crippen LogP contribution is -1.99. The first kappa shape index (κ1) is 11.4. The summed E-state index contributed by atoms with van der Waals surface area (Å²) in [6.07, 6.45) is 0. The van der Waals surface area contributed by atoms with Crippen LogP contribution in [0.1, 0.15) is 5.56 Å². The summed E-state index contributed by atoms with van der Waals surface area (Å²) in [5.41, 5.74) is 19.9. The molecule has 0 spiro atoms. The van der Waals surface area contributed by atoms with Crippen LogP contribution >= 0.6 is 0 Å². The maximum Gasteiger partial charge on any atom is 0.224 e. The van der Waals surface area contributed by atoms with Gasteiger partial charge in [0.05, 0.1) is 0 Å². The summed E-state index contributed by atoms with van der Waals surface area (Å²) in [7, 11) is 0. The van der Waals surface area contributed by atoms with Crippen LogP contribution in [-0.2, 0) is 6.54 Å². The van der Waals surface area contributed by atoms with Crippen molar-refractivity contribution in [1.29, 1.82) is 0 Å². The van der Waals surface area contributed by atoms with Crippen LogP contribution in [0.2, 0.25) is 0 Å². The first-order valence-electron chi connectivity index (χ1n) is 5.75. The molecule has 0 aliphatic heterocycles. The fourth-order valence-electron chi connectivity index (χ4n) is 1.87. The summed E-state index contributed by atoms with van der Waals surface area (Å²) in [6, 6.07) is 7.78. The normalized spacial score (nSPS) is 11.0. The number of hydrogen-bond acceptors (Lipinski definition) is 6. The van der Waals surface area contributed by atoms with E-state index in [-0.39, 0.29) is 11.8 Å². The van der Waals surface area contributed by atoms with Gasteiger partial charge in [-0.3, -0.25) is 0 Å². The minimum absolute atomic E-state index is 0.124. The van der Waals surface area contributed by atoms with Crippen molar-refractivity contribution in [2.24, 2.45) is 5.73 Å². The maximum atomic E-state index is 5.76. The summed E-state index contributed by atoms with van der Waals surface area (Å²) >= 11 is 0. The molecule has 3 aromatic rings. The smallest absolute Gasteiger partial charge is 0.224 e. The van der Waals surface area contributed by atoms with E-state index in [1.165, 1.54) is 0 Å². The lowest BCUT2D eigenvalue weighted by Gasteiger charge is -1.98. The van der Waals surface area contributed by atoms with Crippen LogP contribution in [-0.4, -0.2) is 19.9 Å². The Kier molecular flexibility index (Phi) is 2.53. The summed E-state index contributed by atoms with van der Waals surface area (Å²) in [5.74, 6) is 1.06. The van der Waals surface area contributed by atoms with E-state index in [2.05, 4.69) is 19.9 Å². The fraction of sp³-hybridized carbons (Fsp3) is 0.0833. The Morgan fingerprint density at radius 3 is 2.42 bits per heavy atom. The van der Waals surface area contributed by atoms with Crippen molar-refractivity contribution in [3.8, 4) is 11.4 Å². The third-order valence-corrected chi connectivity index (χ3v) is 2.85. The maximum absolute atomic E-state index is 5.76. The van der Waals surface area contributed by atoms with Gasteiger partial charge in [0.2, 0.25) is 5.95 Å². The van der Waals surface area contributed by atoms with Crippen LogP contribution in [0.25, 0.3) is 22.6 Å². The highest BCUT2D eigenvalue weighted by Gasteiger charge is 2.10. The molecule has 0 fully saturated rings. The van der Waals surface area contributed by atoms with Crippen LogP contribution < -0.4 is 17.2 Å². The topological polar surface area (TPSA) is 133 Å². The van der Waals surface area contributed by atoms with Crippen molar-refractivity contribution in [3.05, 3.63) is 29.8 Å². The van der Waals surface area contributed by atoms with E-state index in [1.807, 2.05) is 24.3 Å². The number of fused-ring (bicyclic) bond motifs is 1. The molecule has 7 N–H and O–H groups in total. The summed E-state index contributed by atoms with van der Waals surface area (Å²) in [4.78, 5) is 15.4. The summed E-state index contributed by atoms with van der Waals surface area (Å²) < 4.78 is 0. The van der Waals surface area contributed by atoms with Gasteiger partial charge in [0.15, 0.2) is 17.0 Å². The second-order valence-electron chi connectivity index (χ2n) is 4.15. The van der Waals surface area contributed by atoms with E-state index in [4.69, 9.17) is 17.2 Å². The fourth-order valence-corrected chi connectivity index (χ4v) is 1.87. The van der Waals surface area contributed by atoms with Gasteiger partial charge in [0.25, 0.3) is 0 Å². The average molecular weight is 255 g/mol. The van der Waals surface area contributed by atoms with Gasteiger partial charge in [-0.05, 0) is 5.56 Å². The molecule has 0 saturated carbocycles. The lowest BCUT2D eigenvalue weighted by atomic mass is 10.1. The number of rotatable bonds is 2. The molecule has 0 aliphatic carbocycles. The Balaban J connectivity index is 2.12. The zero-order chi connectivity index (χ0) is 13.4. The Bertz CT molecular complexity index is 730. The molecule has 3 rings (SSSR count). The third kappa shape index (κ3) is 1.95. The zero-order valence-corrected chi connectivity index (χ0v) is 10.1. The van der Waals surface area contributed by atoms with Crippen molar-refractivity contribution < 1.29 is 0 Å². The van der Waals surface area contributed by atoms with E-state index in [0.29, 0.717) is 23.5 Å². The number of nitrogen functional groups attached to an aromatic ring is 2. The number of aromatic amines is 1. The van der Waals surface area contributed by atoms with Gasteiger partial charge < -0.3 is 22.2 Å². The average Bonchev–Trinajstić information content (AvgIpc) is 2.83. The minimum atomic E-state index is 0.124.